The van der Waals surface area contributed by atoms with Crippen LogP contribution in [-0.4, -0.2) is 42.2 Å². The number of methoxy groups -OCH3 is 1. The predicted molar refractivity (Wildman–Crippen MR) is 126 cm³/mol. The summed E-state index contributed by atoms with van der Waals surface area (Å²) in [6.45, 7) is 5.20. The lowest BCUT2D eigenvalue weighted by molar-refractivity contribution is -0.136. The van der Waals surface area contributed by atoms with Gasteiger partial charge < -0.3 is 20.1 Å². The number of anilines is 1. The van der Waals surface area contributed by atoms with Crippen LogP contribution in [0.15, 0.2) is 66.6 Å². The molecule has 0 saturated heterocycles. The number of hydrogen-bond donors (Lipinski definition) is 2. The zero-order valence-corrected chi connectivity index (χ0v) is 18.6. The molecule has 0 radical (unpaired) electrons. The molecule has 0 atom stereocenters. The number of nitrogens with zero attached hydrogens (tertiary/aromatic N) is 2. The summed E-state index contributed by atoms with van der Waals surface area (Å²) < 4.78 is 5.21. The first-order valence-corrected chi connectivity index (χ1v) is 10.9. The number of carbonyl (C=O) groups excluding carboxylic acids is 1. The molecule has 166 valence electrons. The first-order valence-electron chi connectivity index (χ1n) is 10.0. The van der Waals surface area contributed by atoms with Gasteiger partial charge in [-0.05, 0) is 42.0 Å². The summed E-state index contributed by atoms with van der Waals surface area (Å²) in [7, 11) is 1.64. The SMILES string of the molecule is C=CCN(Cc1ccc(C(=O)NCCC(=O)O)cc1)c1nc(-c2ccc(OC)cc2)cs1. The van der Waals surface area contributed by atoms with Crippen molar-refractivity contribution >= 4 is 28.3 Å². The lowest BCUT2D eigenvalue weighted by Gasteiger charge is -2.20. The van der Waals surface area contributed by atoms with Crippen molar-refractivity contribution in [1.82, 2.24) is 10.3 Å². The summed E-state index contributed by atoms with van der Waals surface area (Å²) in [4.78, 5) is 29.6. The molecule has 3 rings (SSSR count). The summed E-state index contributed by atoms with van der Waals surface area (Å²) in [5.74, 6) is -0.429. The molecule has 8 heteroatoms. The molecule has 1 aromatic heterocycles. The minimum atomic E-state index is -0.944. The Morgan fingerprint density at radius 3 is 2.53 bits per heavy atom. The second-order valence-corrected chi connectivity index (χ2v) is 7.85. The van der Waals surface area contributed by atoms with Gasteiger partial charge in [0.1, 0.15) is 5.75 Å². The normalized spacial score (nSPS) is 10.4. The van der Waals surface area contributed by atoms with Gasteiger partial charge in [0, 0.05) is 36.1 Å². The van der Waals surface area contributed by atoms with Crippen molar-refractivity contribution in [2.75, 3.05) is 25.1 Å². The molecule has 0 aliphatic carbocycles. The third kappa shape index (κ3) is 6.18. The van der Waals surface area contributed by atoms with Gasteiger partial charge in [-0.2, -0.15) is 0 Å². The summed E-state index contributed by atoms with van der Waals surface area (Å²) in [5, 5.41) is 14.2. The second-order valence-electron chi connectivity index (χ2n) is 7.01. The maximum atomic E-state index is 12.1. The Morgan fingerprint density at radius 2 is 1.91 bits per heavy atom. The number of carbonyl (C=O) groups is 2. The number of carboxylic acid groups (broad SMARTS) is 1. The molecule has 2 aromatic carbocycles. The van der Waals surface area contributed by atoms with E-state index in [0.717, 1.165) is 27.7 Å². The topological polar surface area (TPSA) is 91.8 Å². The van der Waals surface area contributed by atoms with E-state index >= 15 is 0 Å². The van der Waals surface area contributed by atoms with E-state index < -0.39 is 5.97 Å². The van der Waals surface area contributed by atoms with E-state index in [1.165, 1.54) is 0 Å². The molecule has 0 unspecified atom stereocenters. The third-order valence-corrected chi connectivity index (χ3v) is 5.61. The molecular formula is C24H25N3O4S. The Balaban J connectivity index is 1.67. The zero-order valence-electron chi connectivity index (χ0n) is 17.8. The molecule has 0 aliphatic heterocycles. The highest BCUT2D eigenvalue weighted by Gasteiger charge is 2.13. The van der Waals surface area contributed by atoms with Crippen molar-refractivity contribution in [2.45, 2.75) is 13.0 Å². The van der Waals surface area contributed by atoms with Crippen LogP contribution in [0.1, 0.15) is 22.3 Å². The predicted octanol–water partition coefficient (Wildman–Crippen LogP) is 4.22. The van der Waals surface area contributed by atoms with Crippen molar-refractivity contribution in [3.63, 3.8) is 0 Å². The highest BCUT2D eigenvalue weighted by Crippen LogP contribution is 2.29. The number of carboxylic acids is 1. The van der Waals surface area contributed by atoms with Crippen molar-refractivity contribution in [3.05, 3.63) is 77.7 Å². The van der Waals surface area contributed by atoms with Gasteiger partial charge in [0.15, 0.2) is 5.13 Å². The Kier molecular flexibility index (Phi) is 7.99. The fraction of sp³-hybridized carbons (Fsp3) is 0.208. The van der Waals surface area contributed by atoms with Crippen LogP contribution in [0.4, 0.5) is 5.13 Å². The maximum Gasteiger partial charge on any atom is 0.305 e. The van der Waals surface area contributed by atoms with Crippen molar-refractivity contribution < 1.29 is 19.4 Å². The molecule has 7 nitrogen and oxygen atoms in total. The molecule has 2 N–H and O–H groups in total. The van der Waals surface area contributed by atoms with Crippen LogP contribution >= 0.6 is 11.3 Å². The zero-order chi connectivity index (χ0) is 22.9. The molecule has 1 amide bonds. The standard InChI is InChI=1S/C24H25N3O4S/c1-3-14-27(24-26-21(16-32-24)18-8-10-20(31-2)11-9-18)15-17-4-6-19(7-5-17)23(30)25-13-12-22(28)29/h3-11,16H,1,12-15H2,2H3,(H,25,30)(H,28,29). The van der Waals surface area contributed by atoms with Crippen LogP contribution in [0.2, 0.25) is 0 Å². The van der Waals surface area contributed by atoms with E-state index in [4.69, 9.17) is 14.8 Å². The minimum absolute atomic E-state index is 0.101. The van der Waals surface area contributed by atoms with Crippen molar-refractivity contribution in [1.29, 1.82) is 0 Å². The number of aliphatic carboxylic acids is 1. The van der Waals surface area contributed by atoms with E-state index in [1.54, 1.807) is 30.6 Å². The van der Waals surface area contributed by atoms with Crippen LogP contribution in [-0.2, 0) is 11.3 Å². The summed E-state index contributed by atoms with van der Waals surface area (Å²) in [5.41, 5.74) is 3.43. The van der Waals surface area contributed by atoms with Crippen LogP contribution in [0.3, 0.4) is 0 Å². The van der Waals surface area contributed by atoms with Gasteiger partial charge in [-0.25, -0.2) is 4.98 Å². The molecular weight excluding hydrogens is 426 g/mol. The maximum absolute atomic E-state index is 12.1. The molecule has 0 fully saturated rings. The number of benzene rings is 2. The number of nitrogens with one attached hydrogen (secondary N) is 1. The van der Waals surface area contributed by atoms with Gasteiger partial charge in [-0.15, -0.1) is 17.9 Å². The molecule has 3 aromatic rings. The van der Waals surface area contributed by atoms with Gasteiger partial charge in [-0.3, -0.25) is 9.59 Å². The first kappa shape index (κ1) is 23.0. The van der Waals surface area contributed by atoms with E-state index in [1.807, 2.05) is 47.9 Å². The van der Waals surface area contributed by atoms with Crippen LogP contribution in [0, 0.1) is 0 Å². The summed E-state index contributed by atoms with van der Waals surface area (Å²) in [6, 6.07) is 15.0. The van der Waals surface area contributed by atoms with Gasteiger partial charge in [0.25, 0.3) is 5.91 Å². The number of ether oxygens (including phenoxy) is 1. The summed E-state index contributed by atoms with van der Waals surface area (Å²) >= 11 is 1.56. The minimum Gasteiger partial charge on any atom is -0.497 e. The molecule has 0 bridgehead atoms. The van der Waals surface area contributed by atoms with Gasteiger partial charge in [0.05, 0.1) is 19.2 Å². The molecule has 0 saturated carbocycles. The van der Waals surface area contributed by atoms with Crippen LogP contribution < -0.4 is 15.0 Å². The second kappa shape index (κ2) is 11.1. The van der Waals surface area contributed by atoms with Crippen molar-refractivity contribution in [2.24, 2.45) is 0 Å². The molecule has 32 heavy (non-hydrogen) atoms. The summed E-state index contributed by atoms with van der Waals surface area (Å²) in [6.07, 6.45) is 1.73. The van der Waals surface area contributed by atoms with E-state index in [2.05, 4.69) is 16.8 Å². The quantitative estimate of drug-likeness (QED) is 0.424. The monoisotopic (exact) mass is 451 g/mol. The number of aromatic nitrogens is 1. The fourth-order valence-corrected chi connectivity index (χ4v) is 3.88. The largest absolute Gasteiger partial charge is 0.497 e. The Bertz CT molecular complexity index is 1060. The highest BCUT2D eigenvalue weighted by molar-refractivity contribution is 7.14. The lowest BCUT2D eigenvalue weighted by atomic mass is 10.1. The number of rotatable bonds is 11. The fourth-order valence-electron chi connectivity index (χ4n) is 3.04. The Labute approximate surface area is 191 Å². The Hall–Kier alpha value is -3.65. The van der Waals surface area contributed by atoms with Crippen LogP contribution in [0.25, 0.3) is 11.3 Å². The van der Waals surface area contributed by atoms with Crippen LogP contribution in [0.5, 0.6) is 5.75 Å². The van der Waals surface area contributed by atoms with Gasteiger partial charge in [-0.1, -0.05) is 18.2 Å². The number of amides is 1. The molecule has 0 spiro atoms. The number of hydrogen-bond acceptors (Lipinski definition) is 6. The highest BCUT2D eigenvalue weighted by atomic mass is 32.1. The van der Waals surface area contributed by atoms with Gasteiger partial charge >= 0.3 is 5.97 Å². The van der Waals surface area contributed by atoms with Crippen molar-refractivity contribution in [3.8, 4) is 17.0 Å². The van der Waals surface area contributed by atoms with E-state index in [0.29, 0.717) is 18.7 Å². The third-order valence-electron chi connectivity index (χ3n) is 4.71. The molecule has 0 aliphatic rings. The average Bonchev–Trinajstić information content (AvgIpc) is 3.29. The van der Waals surface area contributed by atoms with Gasteiger partial charge in [0.2, 0.25) is 0 Å². The smallest absolute Gasteiger partial charge is 0.305 e. The lowest BCUT2D eigenvalue weighted by Crippen LogP contribution is -2.26. The molecule has 1 heterocycles. The first-order chi connectivity index (χ1) is 15.5. The number of thiazole rings is 1. The average molecular weight is 452 g/mol. The Morgan fingerprint density at radius 1 is 1.19 bits per heavy atom. The van der Waals surface area contributed by atoms with E-state index in [9.17, 15) is 9.59 Å². The van der Waals surface area contributed by atoms with E-state index in [-0.39, 0.29) is 18.9 Å².